The van der Waals surface area contributed by atoms with E-state index in [9.17, 15) is 4.79 Å². The van der Waals surface area contributed by atoms with Gasteiger partial charge in [-0.05, 0) is 50.2 Å². The van der Waals surface area contributed by atoms with E-state index in [-0.39, 0.29) is 11.7 Å². The zero-order valence-corrected chi connectivity index (χ0v) is 16.8. The summed E-state index contributed by atoms with van der Waals surface area (Å²) in [4.78, 5) is 21.4. The Morgan fingerprint density at radius 1 is 1.34 bits per heavy atom. The SMILES string of the molecule is CNC(N)=NC(=O)c1cc2c(Cl)ccc(Oc3ccc(CN4CCCC4)o3)c2[nH]1. The zero-order chi connectivity index (χ0) is 20.4. The van der Waals surface area contributed by atoms with Crippen LogP contribution in [0.25, 0.3) is 10.9 Å². The van der Waals surface area contributed by atoms with Crippen LogP contribution in [0, 0.1) is 0 Å². The van der Waals surface area contributed by atoms with Gasteiger partial charge in [-0.3, -0.25) is 9.69 Å². The standard InChI is InChI=1S/C20H22ClN5O3/c1-23-20(22)25-19(27)15-10-13-14(21)5-6-16(18(13)24-15)29-17-7-4-12(28-17)11-26-8-2-3-9-26/h4-7,10,24H,2-3,8-9,11H2,1H3,(H3,22,23,25,27). The van der Waals surface area contributed by atoms with E-state index < -0.39 is 5.91 Å². The van der Waals surface area contributed by atoms with E-state index in [0.29, 0.717) is 27.6 Å². The second-order valence-electron chi connectivity index (χ2n) is 6.88. The Bertz CT molecular complexity index is 1070. The van der Waals surface area contributed by atoms with E-state index in [2.05, 4.69) is 20.2 Å². The maximum atomic E-state index is 12.3. The van der Waals surface area contributed by atoms with Crippen molar-refractivity contribution in [3.8, 4) is 11.7 Å². The van der Waals surface area contributed by atoms with E-state index in [0.717, 1.165) is 25.4 Å². The molecular formula is C20H22ClN5O3. The molecule has 0 saturated carbocycles. The number of hydrogen-bond acceptors (Lipinski definition) is 4. The number of aromatic amines is 1. The average Bonchev–Trinajstić information content (AvgIpc) is 3.45. The van der Waals surface area contributed by atoms with Gasteiger partial charge in [-0.1, -0.05) is 11.6 Å². The summed E-state index contributed by atoms with van der Waals surface area (Å²) < 4.78 is 11.8. The van der Waals surface area contributed by atoms with Gasteiger partial charge in [0.05, 0.1) is 17.1 Å². The molecular weight excluding hydrogens is 394 g/mol. The van der Waals surface area contributed by atoms with Crippen LogP contribution in [-0.2, 0) is 6.54 Å². The van der Waals surface area contributed by atoms with Crippen LogP contribution in [-0.4, -0.2) is 41.9 Å². The first-order valence-electron chi connectivity index (χ1n) is 9.40. The predicted octanol–water partition coefficient (Wildman–Crippen LogP) is 3.48. The number of halogens is 1. The molecule has 0 spiro atoms. The first-order valence-corrected chi connectivity index (χ1v) is 9.77. The van der Waals surface area contributed by atoms with Gasteiger partial charge in [0.25, 0.3) is 11.9 Å². The molecule has 8 nitrogen and oxygen atoms in total. The summed E-state index contributed by atoms with van der Waals surface area (Å²) in [5.41, 5.74) is 6.40. The Balaban J connectivity index is 1.58. The number of likely N-dealkylation sites (tertiary alicyclic amines) is 1. The third-order valence-electron chi connectivity index (χ3n) is 4.84. The number of amides is 1. The lowest BCUT2D eigenvalue weighted by molar-refractivity contribution is 0.0998. The summed E-state index contributed by atoms with van der Waals surface area (Å²) in [6.07, 6.45) is 2.45. The molecule has 152 valence electrons. The van der Waals surface area contributed by atoms with E-state index in [1.165, 1.54) is 12.8 Å². The minimum atomic E-state index is -0.513. The van der Waals surface area contributed by atoms with Crippen molar-refractivity contribution in [3.63, 3.8) is 0 Å². The molecule has 1 aliphatic rings. The number of ether oxygens (including phenoxy) is 1. The lowest BCUT2D eigenvalue weighted by atomic mass is 10.2. The van der Waals surface area contributed by atoms with Gasteiger partial charge in [0.15, 0.2) is 11.7 Å². The lowest BCUT2D eigenvalue weighted by Crippen LogP contribution is -2.28. The van der Waals surface area contributed by atoms with Gasteiger partial charge < -0.3 is 25.2 Å². The van der Waals surface area contributed by atoms with E-state index in [1.54, 1.807) is 31.3 Å². The Labute approximate surface area is 172 Å². The van der Waals surface area contributed by atoms with Crippen LogP contribution in [0.5, 0.6) is 11.7 Å². The molecule has 0 unspecified atom stereocenters. The van der Waals surface area contributed by atoms with Crippen molar-refractivity contribution in [1.82, 2.24) is 15.2 Å². The fourth-order valence-electron chi connectivity index (χ4n) is 3.35. The number of carbonyl (C=O) groups is 1. The maximum Gasteiger partial charge on any atom is 0.296 e. The highest BCUT2D eigenvalue weighted by atomic mass is 35.5. The van der Waals surface area contributed by atoms with Gasteiger partial charge >= 0.3 is 0 Å². The van der Waals surface area contributed by atoms with E-state index in [1.807, 2.05) is 6.07 Å². The Hall–Kier alpha value is -2.97. The van der Waals surface area contributed by atoms with Gasteiger partial charge in [0.1, 0.15) is 11.5 Å². The van der Waals surface area contributed by atoms with Crippen LogP contribution < -0.4 is 15.8 Å². The normalized spacial score (nSPS) is 15.2. The van der Waals surface area contributed by atoms with Crippen LogP contribution in [0.1, 0.15) is 29.1 Å². The van der Waals surface area contributed by atoms with E-state index in [4.69, 9.17) is 26.5 Å². The number of benzene rings is 1. The van der Waals surface area contributed by atoms with Crippen molar-refractivity contribution in [1.29, 1.82) is 0 Å². The number of H-pyrrole nitrogens is 1. The number of rotatable bonds is 5. The summed E-state index contributed by atoms with van der Waals surface area (Å²) in [7, 11) is 1.58. The highest BCUT2D eigenvalue weighted by Gasteiger charge is 2.17. The second kappa shape index (κ2) is 8.18. The molecule has 3 heterocycles. The van der Waals surface area contributed by atoms with Gasteiger partial charge in [0.2, 0.25) is 0 Å². The number of aliphatic imine (C=N–C) groups is 1. The number of furan rings is 1. The van der Waals surface area contributed by atoms with Crippen LogP contribution in [0.4, 0.5) is 0 Å². The molecule has 4 N–H and O–H groups in total. The summed E-state index contributed by atoms with van der Waals surface area (Å²) in [5.74, 6) is 1.24. The van der Waals surface area contributed by atoms with Crippen LogP contribution in [0.15, 0.2) is 39.7 Å². The number of aromatic nitrogens is 1. The number of nitrogens with two attached hydrogens (primary N) is 1. The number of guanidine groups is 1. The monoisotopic (exact) mass is 415 g/mol. The zero-order valence-electron chi connectivity index (χ0n) is 16.0. The predicted molar refractivity (Wildman–Crippen MR) is 112 cm³/mol. The molecule has 1 saturated heterocycles. The molecule has 0 radical (unpaired) electrons. The first-order chi connectivity index (χ1) is 14.0. The molecule has 1 aromatic carbocycles. The van der Waals surface area contributed by atoms with Crippen LogP contribution in [0.2, 0.25) is 5.02 Å². The topological polar surface area (TPSA) is 109 Å². The number of nitrogens with zero attached hydrogens (tertiary/aromatic N) is 2. The molecule has 2 aromatic heterocycles. The molecule has 0 aliphatic carbocycles. The number of nitrogens with one attached hydrogen (secondary N) is 2. The Kier molecular flexibility index (Phi) is 5.46. The minimum absolute atomic E-state index is 0.0253. The quantitative estimate of drug-likeness (QED) is 0.435. The minimum Gasteiger partial charge on any atom is -0.429 e. The van der Waals surface area contributed by atoms with Crippen molar-refractivity contribution in [3.05, 3.63) is 46.8 Å². The molecule has 3 aromatic rings. The average molecular weight is 416 g/mol. The highest BCUT2D eigenvalue weighted by molar-refractivity contribution is 6.35. The molecule has 4 rings (SSSR count). The van der Waals surface area contributed by atoms with Crippen molar-refractivity contribution >= 4 is 34.4 Å². The molecule has 1 fully saturated rings. The summed E-state index contributed by atoms with van der Waals surface area (Å²) in [6.45, 7) is 2.95. The van der Waals surface area contributed by atoms with Gasteiger partial charge in [-0.15, -0.1) is 0 Å². The molecule has 9 heteroatoms. The van der Waals surface area contributed by atoms with Gasteiger partial charge in [0, 0.05) is 18.5 Å². The fourth-order valence-corrected chi connectivity index (χ4v) is 3.56. The first kappa shape index (κ1) is 19.4. The summed E-state index contributed by atoms with van der Waals surface area (Å²) in [6, 6.07) is 8.77. The molecule has 1 amide bonds. The largest absolute Gasteiger partial charge is 0.429 e. The molecule has 0 bridgehead atoms. The van der Waals surface area contributed by atoms with Crippen molar-refractivity contribution in [2.75, 3.05) is 20.1 Å². The van der Waals surface area contributed by atoms with Crippen molar-refractivity contribution < 1.29 is 13.9 Å². The van der Waals surface area contributed by atoms with Gasteiger partial charge in [-0.2, -0.15) is 4.99 Å². The van der Waals surface area contributed by atoms with E-state index >= 15 is 0 Å². The fraction of sp³-hybridized carbons (Fsp3) is 0.300. The molecule has 0 atom stereocenters. The Morgan fingerprint density at radius 2 is 2.14 bits per heavy atom. The van der Waals surface area contributed by atoms with Crippen LogP contribution >= 0.6 is 11.6 Å². The molecule has 1 aliphatic heterocycles. The van der Waals surface area contributed by atoms with Crippen molar-refractivity contribution in [2.45, 2.75) is 19.4 Å². The highest BCUT2D eigenvalue weighted by Crippen LogP contribution is 2.35. The van der Waals surface area contributed by atoms with Gasteiger partial charge in [-0.25, -0.2) is 0 Å². The lowest BCUT2D eigenvalue weighted by Gasteiger charge is -2.11. The number of hydrogen-bond donors (Lipinski definition) is 3. The van der Waals surface area contributed by atoms with Crippen LogP contribution in [0.3, 0.4) is 0 Å². The summed E-state index contributed by atoms with van der Waals surface area (Å²) >= 11 is 6.29. The third kappa shape index (κ3) is 4.23. The second-order valence-corrected chi connectivity index (χ2v) is 7.28. The maximum absolute atomic E-state index is 12.3. The Morgan fingerprint density at radius 3 is 2.90 bits per heavy atom. The smallest absolute Gasteiger partial charge is 0.296 e. The number of fused-ring (bicyclic) bond motifs is 1. The third-order valence-corrected chi connectivity index (χ3v) is 5.17. The molecule has 29 heavy (non-hydrogen) atoms. The number of carbonyl (C=O) groups excluding carboxylic acids is 1. The van der Waals surface area contributed by atoms with Crippen molar-refractivity contribution in [2.24, 2.45) is 10.7 Å². The summed E-state index contributed by atoms with van der Waals surface area (Å²) in [5, 5.41) is 3.75.